The number of halogens is 5. The fourth-order valence-corrected chi connectivity index (χ4v) is 3.99. The van der Waals surface area contributed by atoms with Crippen molar-refractivity contribution in [3.8, 4) is 5.75 Å². The van der Waals surface area contributed by atoms with Crippen LogP contribution in [0.5, 0.6) is 5.75 Å². The molecule has 1 aliphatic rings. The Morgan fingerprint density at radius 3 is 2.73 bits per heavy atom. The standard InChI is InChI=1S/C21H20BrClF3N5O2/c22-14-4-5-18(15(23)10-14)33-12-30-9-6-16(28-30)20(32)27-7-1-8-31-17(13-2-3-13)11-19(29-31)21(24,25)26/h4-6,9-11,13H,1-3,7-8,12H2,(H,27,32). The monoisotopic (exact) mass is 545 g/mol. The molecule has 1 saturated carbocycles. The minimum Gasteiger partial charge on any atom is -0.470 e. The summed E-state index contributed by atoms with van der Waals surface area (Å²) in [6, 6.07) is 7.90. The quantitative estimate of drug-likeness (QED) is 0.372. The Balaban J connectivity index is 1.25. The van der Waals surface area contributed by atoms with E-state index in [0.717, 1.165) is 23.4 Å². The SMILES string of the molecule is O=C(NCCCn1nc(C(F)(F)F)cc1C1CC1)c1ccn(COc2ccc(Br)cc2Cl)n1. The molecule has 1 aliphatic carbocycles. The van der Waals surface area contributed by atoms with Crippen LogP contribution in [-0.2, 0) is 19.5 Å². The van der Waals surface area contributed by atoms with E-state index in [9.17, 15) is 18.0 Å². The molecular weight excluding hydrogens is 527 g/mol. The zero-order chi connectivity index (χ0) is 23.6. The summed E-state index contributed by atoms with van der Waals surface area (Å²) in [6.45, 7) is 0.639. The lowest BCUT2D eigenvalue weighted by atomic mass is 10.2. The second-order valence-corrected chi connectivity index (χ2v) is 8.97. The molecule has 176 valence electrons. The molecule has 0 unspecified atom stereocenters. The molecule has 4 rings (SSSR count). The second kappa shape index (κ2) is 9.76. The van der Waals surface area contributed by atoms with Crippen LogP contribution in [0.25, 0.3) is 0 Å². The minimum absolute atomic E-state index is 0.0689. The number of carbonyl (C=O) groups excluding carboxylic acids is 1. The molecule has 0 spiro atoms. The zero-order valence-corrected chi connectivity index (χ0v) is 19.6. The summed E-state index contributed by atoms with van der Waals surface area (Å²) in [5, 5.41) is 11.1. The van der Waals surface area contributed by atoms with Crippen molar-refractivity contribution in [3.63, 3.8) is 0 Å². The van der Waals surface area contributed by atoms with Gasteiger partial charge >= 0.3 is 6.18 Å². The number of alkyl halides is 3. The van der Waals surface area contributed by atoms with Crippen LogP contribution < -0.4 is 10.1 Å². The molecule has 3 aromatic rings. The summed E-state index contributed by atoms with van der Waals surface area (Å²) in [5.41, 5.74) is -0.0542. The molecule has 12 heteroatoms. The number of amides is 1. The highest BCUT2D eigenvalue weighted by molar-refractivity contribution is 9.10. The van der Waals surface area contributed by atoms with Crippen molar-refractivity contribution in [1.82, 2.24) is 24.9 Å². The summed E-state index contributed by atoms with van der Waals surface area (Å²) >= 11 is 9.43. The molecule has 0 bridgehead atoms. The molecule has 2 aromatic heterocycles. The Morgan fingerprint density at radius 1 is 1.24 bits per heavy atom. The number of aryl methyl sites for hydroxylation is 1. The average Bonchev–Trinajstić information content (AvgIpc) is 3.31. The Labute approximate surface area is 201 Å². The summed E-state index contributed by atoms with van der Waals surface area (Å²) in [5.74, 6) is 0.246. The number of nitrogens with zero attached hydrogens (tertiary/aromatic N) is 4. The van der Waals surface area contributed by atoms with Crippen LogP contribution in [0.15, 0.2) is 41.0 Å². The van der Waals surface area contributed by atoms with E-state index in [-0.39, 0.29) is 30.8 Å². The molecule has 1 aromatic carbocycles. The predicted octanol–water partition coefficient (Wildman–Crippen LogP) is 5.25. The number of ether oxygens (including phenoxy) is 1. The van der Waals surface area contributed by atoms with Gasteiger partial charge in [0.2, 0.25) is 0 Å². The maximum atomic E-state index is 13.0. The molecule has 1 N–H and O–H groups in total. The van der Waals surface area contributed by atoms with E-state index in [0.29, 0.717) is 29.4 Å². The molecule has 0 atom stereocenters. The van der Waals surface area contributed by atoms with E-state index in [1.54, 1.807) is 30.5 Å². The number of rotatable bonds is 9. The number of aromatic nitrogens is 4. The molecule has 0 aliphatic heterocycles. The molecular formula is C21H20BrClF3N5O2. The van der Waals surface area contributed by atoms with E-state index in [2.05, 4.69) is 31.4 Å². The zero-order valence-electron chi connectivity index (χ0n) is 17.3. The van der Waals surface area contributed by atoms with Crippen LogP contribution >= 0.6 is 27.5 Å². The Kier molecular flexibility index (Phi) is 6.99. The number of hydrogen-bond acceptors (Lipinski definition) is 4. The highest BCUT2D eigenvalue weighted by Gasteiger charge is 2.37. The number of benzene rings is 1. The van der Waals surface area contributed by atoms with Gasteiger partial charge in [0.25, 0.3) is 5.91 Å². The van der Waals surface area contributed by atoms with Crippen LogP contribution in [-0.4, -0.2) is 32.0 Å². The van der Waals surface area contributed by atoms with E-state index in [1.807, 2.05) is 0 Å². The van der Waals surface area contributed by atoms with Crippen molar-refractivity contribution in [2.45, 2.75) is 44.6 Å². The minimum atomic E-state index is -4.46. The first-order valence-corrected chi connectivity index (χ1v) is 11.4. The molecule has 0 radical (unpaired) electrons. The van der Waals surface area contributed by atoms with Gasteiger partial charge in [-0.3, -0.25) is 9.48 Å². The van der Waals surface area contributed by atoms with Crippen LogP contribution in [0.3, 0.4) is 0 Å². The van der Waals surface area contributed by atoms with Gasteiger partial charge in [0.05, 0.1) is 5.02 Å². The fraction of sp³-hybridized carbons (Fsp3) is 0.381. The number of hydrogen-bond donors (Lipinski definition) is 1. The third kappa shape index (κ3) is 6.08. The van der Waals surface area contributed by atoms with Crippen LogP contribution in [0, 0.1) is 0 Å². The Morgan fingerprint density at radius 2 is 2.03 bits per heavy atom. The highest BCUT2D eigenvalue weighted by atomic mass is 79.9. The van der Waals surface area contributed by atoms with Gasteiger partial charge in [-0.2, -0.15) is 23.4 Å². The van der Waals surface area contributed by atoms with Crippen molar-refractivity contribution in [1.29, 1.82) is 0 Å². The van der Waals surface area contributed by atoms with Gasteiger partial charge in [-0.1, -0.05) is 27.5 Å². The first-order valence-electron chi connectivity index (χ1n) is 10.2. The maximum Gasteiger partial charge on any atom is 0.435 e. The predicted molar refractivity (Wildman–Crippen MR) is 118 cm³/mol. The van der Waals surface area contributed by atoms with Gasteiger partial charge in [0.1, 0.15) is 11.4 Å². The largest absolute Gasteiger partial charge is 0.470 e. The normalized spacial score (nSPS) is 13.8. The third-order valence-corrected chi connectivity index (χ3v) is 5.84. The van der Waals surface area contributed by atoms with Crippen molar-refractivity contribution in [3.05, 3.63) is 63.1 Å². The lowest BCUT2D eigenvalue weighted by Crippen LogP contribution is -2.26. The van der Waals surface area contributed by atoms with E-state index < -0.39 is 11.9 Å². The first kappa shape index (κ1) is 23.6. The van der Waals surface area contributed by atoms with Crippen LogP contribution in [0.1, 0.15) is 47.1 Å². The van der Waals surface area contributed by atoms with Crippen LogP contribution in [0.4, 0.5) is 13.2 Å². The van der Waals surface area contributed by atoms with Crippen molar-refractivity contribution in [2.75, 3.05) is 6.54 Å². The first-order chi connectivity index (χ1) is 15.7. The lowest BCUT2D eigenvalue weighted by Gasteiger charge is -2.08. The van der Waals surface area contributed by atoms with Crippen molar-refractivity contribution in [2.24, 2.45) is 0 Å². The van der Waals surface area contributed by atoms with Gasteiger partial charge in [0, 0.05) is 35.4 Å². The Bertz CT molecular complexity index is 1140. The van der Waals surface area contributed by atoms with E-state index in [4.69, 9.17) is 16.3 Å². The molecule has 2 heterocycles. The van der Waals surface area contributed by atoms with E-state index in [1.165, 1.54) is 9.36 Å². The third-order valence-electron chi connectivity index (χ3n) is 5.05. The molecule has 1 amide bonds. The smallest absolute Gasteiger partial charge is 0.435 e. The van der Waals surface area contributed by atoms with Gasteiger partial charge in [-0.25, -0.2) is 4.68 Å². The number of nitrogens with one attached hydrogen (secondary N) is 1. The lowest BCUT2D eigenvalue weighted by molar-refractivity contribution is -0.141. The Hall–Kier alpha value is -2.53. The highest BCUT2D eigenvalue weighted by Crippen LogP contribution is 2.42. The molecule has 7 nitrogen and oxygen atoms in total. The topological polar surface area (TPSA) is 74.0 Å². The van der Waals surface area contributed by atoms with Gasteiger partial charge in [0.15, 0.2) is 12.4 Å². The van der Waals surface area contributed by atoms with Gasteiger partial charge in [-0.05, 0) is 49.6 Å². The van der Waals surface area contributed by atoms with Crippen molar-refractivity contribution >= 4 is 33.4 Å². The van der Waals surface area contributed by atoms with Gasteiger partial charge in [-0.15, -0.1) is 0 Å². The van der Waals surface area contributed by atoms with E-state index >= 15 is 0 Å². The molecule has 0 saturated heterocycles. The second-order valence-electron chi connectivity index (χ2n) is 7.65. The summed E-state index contributed by atoms with van der Waals surface area (Å²) in [7, 11) is 0. The maximum absolute atomic E-state index is 13.0. The van der Waals surface area contributed by atoms with Gasteiger partial charge < -0.3 is 10.1 Å². The summed E-state index contributed by atoms with van der Waals surface area (Å²) < 4.78 is 48.2. The van der Waals surface area contributed by atoms with Crippen LogP contribution in [0.2, 0.25) is 5.02 Å². The van der Waals surface area contributed by atoms with Crippen molar-refractivity contribution < 1.29 is 22.7 Å². The molecule has 1 fully saturated rings. The number of carbonyl (C=O) groups is 1. The average molecular weight is 547 g/mol. The summed E-state index contributed by atoms with van der Waals surface area (Å²) in [4.78, 5) is 12.3. The summed E-state index contributed by atoms with van der Waals surface area (Å²) in [6.07, 6.45) is -0.670. The fourth-order valence-electron chi connectivity index (χ4n) is 3.26. The molecule has 33 heavy (non-hydrogen) atoms.